The van der Waals surface area contributed by atoms with Crippen molar-refractivity contribution in [3.8, 4) is 0 Å². The van der Waals surface area contributed by atoms with Gasteiger partial charge in [-0.1, -0.05) is 11.1 Å². The molecule has 1 fully saturated rings. The summed E-state index contributed by atoms with van der Waals surface area (Å²) in [6.07, 6.45) is 3.89. The second-order valence-electron chi connectivity index (χ2n) is 11.9. The SMILES string of the molecule is CC(=O)N([O-])CCCC(C(=O)OCC/C(C)=C\C(=O)N([O-])CCCC1NC(=O)C(CCCN([O-])C(=O)/C=C(/C)CCO)NC1=O)N(C)C.[Fe+3]. The van der Waals surface area contributed by atoms with E-state index >= 15 is 0 Å². The van der Waals surface area contributed by atoms with Gasteiger partial charge in [-0.05, 0) is 72.9 Å². The summed E-state index contributed by atoms with van der Waals surface area (Å²) in [4.78, 5) is 74.4. The van der Waals surface area contributed by atoms with E-state index in [1.54, 1.807) is 32.8 Å². The maximum atomic E-state index is 12.5. The molecule has 5 amide bonds. The van der Waals surface area contributed by atoms with E-state index in [0.717, 1.165) is 19.1 Å². The second-order valence-corrected chi connectivity index (χ2v) is 11.9. The van der Waals surface area contributed by atoms with Gasteiger partial charge in [0.15, 0.2) is 0 Å². The van der Waals surface area contributed by atoms with E-state index in [-0.39, 0.29) is 98.6 Å². The number of rotatable bonds is 21. The topological polar surface area (TPSA) is 238 Å². The Kier molecular flexibility index (Phi) is 22.2. The van der Waals surface area contributed by atoms with Crippen LogP contribution in [0.2, 0.25) is 0 Å². The Morgan fingerprint density at radius 2 is 1.24 bits per heavy atom. The van der Waals surface area contributed by atoms with Crippen LogP contribution in [0.1, 0.15) is 72.1 Å². The fourth-order valence-corrected chi connectivity index (χ4v) is 4.65. The van der Waals surface area contributed by atoms with Gasteiger partial charge < -0.3 is 51.3 Å². The molecule has 0 aromatic heterocycles. The Morgan fingerprint density at radius 3 is 1.67 bits per heavy atom. The average molecular weight is 738 g/mol. The van der Waals surface area contributed by atoms with Crippen molar-refractivity contribution in [2.45, 2.75) is 90.3 Å². The summed E-state index contributed by atoms with van der Waals surface area (Å²) in [6.45, 7) is 3.77. The zero-order valence-corrected chi connectivity index (χ0v) is 29.9. The van der Waals surface area contributed by atoms with Crippen LogP contribution in [0, 0.1) is 15.6 Å². The monoisotopic (exact) mass is 737 g/mol. The van der Waals surface area contributed by atoms with Crippen molar-refractivity contribution >= 4 is 35.5 Å². The van der Waals surface area contributed by atoms with Crippen LogP contribution in [0.5, 0.6) is 0 Å². The molecule has 0 bridgehead atoms. The number of nitrogens with one attached hydrogen (secondary N) is 2. The first kappa shape index (κ1) is 45.6. The molecule has 17 nitrogen and oxygen atoms in total. The maximum Gasteiger partial charge on any atom is 3.00 e. The molecule has 3 unspecified atom stereocenters. The molecule has 3 atom stereocenters. The number of likely N-dealkylation sites (N-methyl/N-ethyl adjacent to an activating group) is 1. The number of carbonyl (C=O) groups excluding carboxylic acids is 6. The molecule has 0 spiro atoms. The minimum absolute atomic E-state index is 0. The first-order valence-corrected chi connectivity index (χ1v) is 15.9. The molecule has 0 aromatic carbocycles. The number of nitrogens with zero attached hydrogens (tertiary/aromatic N) is 4. The quantitative estimate of drug-likeness (QED) is 0.0630. The number of ether oxygens (including phenoxy) is 1. The van der Waals surface area contributed by atoms with Gasteiger partial charge in [0.1, 0.15) is 18.1 Å². The number of esters is 1. The van der Waals surface area contributed by atoms with E-state index in [0.29, 0.717) is 29.1 Å². The van der Waals surface area contributed by atoms with Gasteiger partial charge in [0.05, 0.1) is 6.61 Å². The van der Waals surface area contributed by atoms with Crippen molar-refractivity contribution in [2.75, 3.05) is 46.9 Å². The van der Waals surface area contributed by atoms with Crippen LogP contribution >= 0.6 is 0 Å². The van der Waals surface area contributed by atoms with Gasteiger partial charge in [-0.2, -0.15) is 0 Å². The molecule has 1 saturated heterocycles. The third kappa shape index (κ3) is 17.7. The first-order chi connectivity index (χ1) is 22.6. The molecule has 0 saturated carbocycles. The van der Waals surface area contributed by atoms with E-state index in [4.69, 9.17) is 9.84 Å². The summed E-state index contributed by atoms with van der Waals surface area (Å²) < 4.78 is 5.31. The van der Waals surface area contributed by atoms with Gasteiger partial charge in [-0.15, -0.1) is 0 Å². The van der Waals surface area contributed by atoms with E-state index in [1.165, 1.54) is 0 Å². The number of aliphatic hydroxyl groups is 1. The molecule has 3 N–H and O–H groups in total. The molecule has 18 heteroatoms. The van der Waals surface area contributed by atoms with Crippen molar-refractivity contribution in [1.82, 2.24) is 30.7 Å². The van der Waals surface area contributed by atoms with Crippen molar-refractivity contribution in [3.05, 3.63) is 38.9 Å². The zero-order valence-electron chi connectivity index (χ0n) is 28.8. The van der Waals surface area contributed by atoms with Crippen LogP contribution in [0.15, 0.2) is 23.3 Å². The van der Waals surface area contributed by atoms with Crippen molar-refractivity contribution in [2.24, 2.45) is 0 Å². The Bertz CT molecular complexity index is 1180. The number of hydrogen-bond acceptors (Lipinski definition) is 12. The number of hydroxylamine groups is 6. The second kappa shape index (κ2) is 23.9. The summed E-state index contributed by atoms with van der Waals surface area (Å²) in [5, 5.41) is 50.6. The molecular formula is C31H49FeN6O11. The van der Waals surface area contributed by atoms with Gasteiger partial charge in [-0.3, -0.25) is 33.7 Å². The summed E-state index contributed by atoms with van der Waals surface area (Å²) in [5.74, 6) is -3.64. The smallest absolute Gasteiger partial charge is 0.756 e. The van der Waals surface area contributed by atoms with E-state index in [1.807, 2.05) is 0 Å². The molecule has 1 radical (unpaired) electrons. The van der Waals surface area contributed by atoms with Crippen LogP contribution < -0.4 is 10.6 Å². The maximum absolute atomic E-state index is 12.5. The third-order valence-electron chi connectivity index (χ3n) is 7.54. The Balaban J connectivity index is 0.0000230. The number of amides is 5. The van der Waals surface area contributed by atoms with Gasteiger partial charge in [0.2, 0.25) is 29.5 Å². The van der Waals surface area contributed by atoms with Gasteiger partial charge >= 0.3 is 23.0 Å². The molecule has 0 aliphatic carbocycles. The molecule has 0 aromatic rings. The fourth-order valence-electron chi connectivity index (χ4n) is 4.65. The van der Waals surface area contributed by atoms with Crippen LogP contribution in [-0.2, 0) is 50.6 Å². The summed E-state index contributed by atoms with van der Waals surface area (Å²) in [5.41, 5.74) is 1.06. The minimum Gasteiger partial charge on any atom is -0.756 e. The summed E-state index contributed by atoms with van der Waals surface area (Å²) in [6, 6.07) is -2.41. The summed E-state index contributed by atoms with van der Waals surface area (Å²) in [7, 11) is 3.37. The Labute approximate surface area is 297 Å². The van der Waals surface area contributed by atoms with Crippen LogP contribution in [0.25, 0.3) is 0 Å². The molecule has 1 heterocycles. The van der Waals surface area contributed by atoms with Gasteiger partial charge in [-0.25, -0.2) is 0 Å². The first-order valence-electron chi connectivity index (χ1n) is 15.9. The number of carbonyl (C=O) groups is 6. The molecule has 1 aliphatic heterocycles. The predicted molar refractivity (Wildman–Crippen MR) is 175 cm³/mol. The largest absolute Gasteiger partial charge is 3.00 e. The number of piperazine rings is 1. The van der Waals surface area contributed by atoms with Gasteiger partial charge in [0.25, 0.3) is 0 Å². The van der Waals surface area contributed by atoms with Crippen molar-refractivity contribution < 1.29 is 55.7 Å². The van der Waals surface area contributed by atoms with E-state index in [9.17, 15) is 44.4 Å². The molecule has 277 valence electrons. The van der Waals surface area contributed by atoms with Crippen molar-refractivity contribution in [1.29, 1.82) is 0 Å². The van der Waals surface area contributed by atoms with Crippen molar-refractivity contribution in [3.63, 3.8) is 0 Å². The molecule has 1 aliphatic rings. The average Bonchev–Trinajstić information content (AvgIpc) is 3.00. The Hall–Kier alpha value is -3.38. The van der Waals surface area contributed by atoms with E-state index < -0.39 is 53.6 Å². The number of aliphatic hydroxyl groups excluding tert-OH is 1. The van der Waals surface area contributed by atoms with Crippen LogP contribution in [-0.4, -0.2) is 126 Å². The number of hydrogen-bond donors (Lipinski definition) is 3. The molecule has 49 heavy (non-hydrogen) atoms. The minimum atomic E-state index is -0.902. The Morgan fingerprint density at radius 1 is 0.796 bits per heavy atom. The third-order valence-corrected chi connectivity index (χ3v) is 7.54. The predicted octanol–water partition coefficient (Wildman–Crippen LogP) is 0.445. The molecule has 1 rings (SSSR count). The molecular weight excluding hydrogens is 688 g/mol. The van der Waals surface area contributed by atoms with Crippen LogP contribution in [0.4, 0.5) is 0 Å². The fraction of sp³-hybridized carbons (Fsp3) is 0.677. The van der Waals surface area contributed by atoms with Gasteiger partial charge in [0, 0.05) is 51.7 Å². The normalized spacial score (nSPS) is 17.0. The zero-order chi connectivity index (χ0) is 36.4. The van der Waals surface area contributed by atoms with Crippen LogP contribution in [0.3, 0.4) is 0 Å². The summed E-state index contributed by atoms with van der Waals surface area (Å²) >= 11 is 0. The standard InChI is InChI=1S/C31H49N6O11.Fe/c1-21(12-17-38)19-27(40)36(46)15-6-9-24-29(42)33-25(30(43)32-24)10-7-16-37(47)28(41)20-22(2)13-18-48-31(44)26(34(4)5)11-8-14-35(45)23(3)39;/h19-20,24-26,38H,6-18H2,1-5H3,(H,32,43)(H,33,42);/q-3;+3/b21-19-,22-20-;. The van der Waals surface area contributed by atoms with E-state index in [2.05, 4.69) is 10.6 Å².